The molecule has 1 N–H and O–H groups in total. The Morgan fingerprint density at radius 3 is 2.39 bits per heavy atom. The Morgan fingerprint density at radius 1 is 1.14 bits per heavy atom. The highest BCUT2D eigenvalue weighted by molar-refractivity contribution is 5.79. The Hall–Kier alpha value is -1.99. The van der Waals surface area contributed by atoms with Crippen molar-refractivity contribution >= 4 is 5.96 Å². The van der Waals surface area contributed by atoms with E-state index < -0.39 is 0 Å². The number of rotatable bonds is 8. The predicted octanol–water partition coefficient (Wildman–Crippen LogP) is 1.86. The van der Waals surface area contributed by atoms with Gasteiger partial charge in [-0.1, -0.05) is 6.07 Å². The third-order valence-corrected chi connectivity index (χ3v) is 5.70. The molecule has 7 nitrogen and oxygen atoms in total. The van der Waals surface area contributed by atoms with Crippen LogP contribution < -0.4 is 14.8 Å². The van der Waals surface area contributed by atoms with Gasteiger partial charge in [0.1, 0.15) is 0 Å². The summed E-state index contributed by atoms with van der Waals surface area (Å²) in [5, 5.41) is 3.57. The standard InChI is InChI=1S/C21H36N4O3/c1-22-20(23-16-21(24(2)3)10-13-28-14-11-21)25(4)12-9-17-7-8-18(26-5)19(15-17)27-6/h7-8,15H,9-14,16H2,1-6H3,(H,22,23). The molecule has 0 saturated carbocycles. The highest BCUT2D eigenvalue weighted by Crippen LogP contribution is 2.28. The number of nitrogens with one attached hydrogen (secondary N) is 1. The van der Waals surface area contributed by atoms with E-state index in [9.17, 15) is 0 Å². The van der Waals surface area contributed by atoms with Gasteiger partial charge >= 0.3 is 0 Å². The molecule has 0 bridgehead atoms. The van der Waals surface area contributed by atoms with E-state index in [0.717, 1.165) is 63.0 Å². The molecule has 7 heteroatoms. The molecule has 0 spiro atoms. The van der Waals surface area contributed by atoms with Gasteiger partial charge in [0.25, 0.3) is 0 Å². The van der Waals surface area contributed by atoms with E-state index in [4.69, 9.17) is 14.2 Å². The summed E-state index contributed by atoms with van der Waals surface area (Å²) in [7, 11) is 11.5. The van der Waals surface area contributed by atoms with Crippen LogP contribution in [0, 0.1) is 0 Å². The molecular weight excluding hydrogens is 356 g/mol. The molecule has 0 unspecified atom stereocenters. The molecule has 28 heavy (non-hydrogen) atoms. The maximum atomic E-state index is 5.56. The molecule has 2 rings (SSSR count). The van der Waals surface area contributed by atoms with Gasteiger partial charge in [0, 0.05) is 45.9 Å². The van der Waals surface area contributed by atoms with Crippen molar-refractivity contribution in [1.82, 2.24) is 15.1 Å². The third kappa shape index (κ3) is 5.52. The summed E-state index contributed by atoms with van der Waals surface area (Å²) in [6, 6.07) is 6.06. The Bertz CT molecular complexity index is 643. The number of hydrogen-bond donors (Lipinski definition) is 1. The molecule has 1 aliphatic heterocycles. The molecule has 1 aliphatic rings. The summed E-state index contributed by atoms with van der Waals surface area (Å²) in [6.45, 7) is 3.34. The summed E-state index contributed by atoms with van der Waals surface area (Å²) in [5.74, 6) is 2.42. The van der Waals surface area contributed by atoms with E-state index in [1.807, 2.05) is 19.2 Å². The molecule has 0 atom stereocenters. The van der Waals surface area contributed by atoms with Crippen LogP contribution in [-0.2, 0) is 11.2 Å². The fourth-order valence-electron chi connectivity index (χ4n) is 3.60. The number of ether oxygens (including phenoxy) is 3. The van der Waals surface area contributed by atoms with Gasteiger partial charge in [0.15, 0.2) is 17.5 Å². The van der Waals surface area contributed by atoms with Gasteiger partial charge in [0.2, 0.25) is 0 Å². The zero-order chi connectivity index (χ0) is 20.6. The smallest absolute Gasteiger partial charge is 0.193 e. The Labute approximate surface area is 169 Å². The van der Waals surface area contributed by atoms with Crippen molar-refractivity contribution < 1.29 is 14.2 Å². The molecule has 1 heterocycles. The highest BCUT2D eigenvalue weighted by Gasteiger charge is 2.35. The van der Waals surface area contributed by atoms with Crippen molar-refractivity contribution in [2.24, 2.45) is 4.99 Å². The first-order valence-electron chi connectivity index (χ1n) is 9.83. The van der Waals surface area contributed by atoms with Crippen LogP contribution in [-0.4, -0.2) is 90.0 Å². The average Bonchev–Trinajstić information content (AvgIpc) is 2.72. The average molecular weight is 393 g/mol. The number of likely N-dealkylation sites (N-methyl/N-ethyl adjacent to an activating group) is 2. The van der Waals surface area contributed by atoms with E-state index in [2.05, 4.69) is 47.3 Å². The van der Waals surface area contributed by atoms with Crippen molar-refractivity contribution in [1.29, 1.82) is 0 Å². The lowest BCUT2D eigenvalue weighted by Gasteiger charge is -2.43. The van der Waals surface area contributed by atoms with E-state index >= 15 is 0 Å². The first kappa shape index (κ1) is 22.3. The second-order valence-corrected chi connectivity index (χ2v) is 7.49. The minimum atomic E-state index is 0.110. The second kappa shape index (κ2) is 10.5. The quantitative estimate of drug-likeness (QED) is 0.538. The van der Waals surface area contributed by atoms with Gasteiger partial charge < -0.3 is 29.3 Å². The van der Waals surface area contributed by atoms with Gasteiger partial charge in [-0.15, -0.1) is 0 Å². The van der Waals surface area contributed by atoms with Crippen molar-refractivity contribution in [3.8, 4) is 11.5 Å². The molecule has 1 aromatic carbocycles. The number of guanidine groups is 1. The van der Waals surface area contributed by atoms with Crippen molar-refractivity contribution in [3.63, 3.8) is 0 Å². The Morgan fingerprint density at radius 2 is 1.82 bits per heavy atom. The first-order valence-corrected chi connectivity index (χ1v) is 9.83. The number of benzene rings is 1. The van der Waals surface area contributed by atoms with Crippen LogP contribution in [0.1, 0.15) is 18.4 Å². The van der Waals surface area contributed by atoms with Crippen LogP contribution in [0.2, 0.25) is 0 Å². The van der Waals surface area contributed by atoms with Gasteiger partial charge in [-0.05, 0) is 51.1 Å². The monoisotopic (exact) mass is 392 g/mol. The van der Waals surface area contributed by atoms with Gasteiger partial charge in [-0.25, -0.2) is 0 Å². The molecule has 0 aliphatic carbocycles. The maximum Gasteiger partial charge on any atom is 0.193 e. The van der Waals surface area contributed by atoms with E-state index in [0.29, 0.717) is 0 Å². The first-order chi connectivity index (χ1) is 13.5. The zero-order valence-electron chi connectivity index (χ0n) is 18.2. The SMILES string of the molecule is CN=C(NCC1(N(C)C)CCOCC1)N(C)CCc1ccc(OC)c(OC)c1. The Balaban J connectivity index is 1.93. The lowest BCUT2D eigenvalue weighted by Crippen LogP contribution is -2.57. The fourth-order valence-corrected chi connectivity index (χ4v) is 3.60. The van der Waals surface area contributed by atoms with Crippen LogP contribution in [0.5, 0.6) is 11.5 Å². The van der Waals surface area contributed by atoms with Crippen molar-refractivity contribution in [2.75, 3.05) is 68.7 Å². The van der Waals surface area contributed by atoms with Crippen LogP contribution >= 0.6 is 0 Å². The van der Waals surface area contributed by atoms with Crippen LogP contribution in [0.4, 0.5) is 0 Å². The summed E-state index contributed by atoms with van der Waals surface area (Å²) in [4.78, 5) is 8.96. The minimum absolute atomic E-state index is 0.110. The number of hydrogen-bond acceptors (Lipinski definition) is 5. The van der Waals surface area contributed by atoms with E-state index in [1.165, 1.54) is 5.56 Å². The number of aliphatic imine (C=N–C) groups is 1. The van der Waals surface area contributed by atoms with E-state index in [-0.39, 0.29) is 5.54 Å². The number of nitrogens with zero attached hydrogens (tertiary/aromatic N) is 3. The van der Waals surface area contributed by atoms with E-state index in [1.54, 1.807) is 14.2 Å². The molecule has 158 valence electrons. The largest absolute Gasteiger partial charge is 0.493 e. The summed E-state index contributed by atoms with van der Waals surface area (Å²) in [6.07, 6.45) is 2.95. The summed E-state index contributed by atoms with van der Waals surface area (Å²) in [5.41, 5.74) is 1.31. The minimum Gasteiger partial charge on any atom is -0.493 e. The number of methoxy groups -OCH3 is 2. The lowest BCUT2D eigenvalue weighted by atomic mass is 9.88. The second-order valence-electron chi connectivity index (χ2n) is 7.49. The molecule has 1 fully saturated rings. The normalized spacial score (nSPS) is 16.8. The zero-order valence-corrected chi connectivity index (χ0v) is 18.2. The molecule has 0 radical (unpaired) electrons. The van der Waals surface area contributed by atoms with Gasteiger partial charge in [-0.3, -0.25) is 4.99 Å². The molecule has 0 aromatic heterocycles. The van der Waals surface area contributed by atoms with Gasteiger partial charge in [0.05, 0.1) is 14.2 Å². The van der Waals surface area contributed by atoms with Crippen LogP contribution in [0.3, 0.4) is 0 Å². The summed E-state index contributed by atoms with van der Waals surface area (Å²) >= 11 is 0. The fraction of sp³-hybridized carbons (Fsp3) is 0.667. The maximum absolute atomic E-state index is 5.56. The Kier molecular flexibility index (Phi) is 8.38. The summed E-state index contributed by atoms with van der Waals surface area (Å²) < 4.78 is 16.3. The topological polar surface area (TPSA) is 58.6 Å². The van der Waals surface area contributed by atoms with Crippen molar-refractivity contribution in [2.45, 2.75) is 24.8 Å². The van der Waals surface area contributed by atoms with Crippen LogP contribution in [0.25, 0.3) is 0 Å². The molecular formula is C21H36N4O3. The van der Waals surface area contributed by atoms with Crippen molar-refractivity contribution in [3.05, 3.63) is 23.8 Å². The molecule has 1 saturated heterocycles. The predicted molar refractivity (Wildman–Crippen MR) is 114 cm³/mol. The molecule has 0 amide bonds. The molecule has 1 aromatic rings. The third-order valence-electron chi connectivity index (χ3n) is 5.70. The van der Waals surface area contributed by atoms with Crippen LogP contribution in [0.15, 0.2) is 23.2 Å². The lowest BCUT2D eigenvalue weighted by molar-refractivity contribution is -0.00521. The highest BCUT2D eigenvalue weighted by atomic mass is 16.5. The van der Waals surface area contributed by atoms with Gasteiger partial charge in [-0.2, -0.15) is 0 Å².